The molecule has 0 amide bonds. The van der Waals surface area contributed by atoms with Gasteiger partial charge in [-0.3, -0.25) is 4.84 Å². The Morgan fingerprint density at radius 2 is 1.40 bits per heavy atom. The number of rotatable bonds is 12. The fraction of sp³-hybridized carbons (Fsp3) is 0.185. The van der Waals surface area contributed by atoms with Gasteiger partial charge in [0.25, 0.3) is 0 Å². The van der Waals surface area contributed by atoms with Gasteiger partial charge in [-0.05, 0) is 35.4 Å². The van der Waals surface area contributed by atoms with Gasteiger partial charge in [-0.15, -0.1) is 6.58 Å². The van der Waals surface area contributed by atoms with E-state index in [2.05, 4.69) is 32.0 Å². The quantitative estimate of drug-likeness (QED) is 0.0996. The van der Waals surface area contributed by atoms with Crippen LogP contribution in [0.2, 0.25) is 5.15 Å². The first kappa shape index (κ1) is 30.0. The Balaban J connectivity index is 0.000000225. The number of halogens is 3. The van der Waals surface area contributed by atoms with Crippen LogP contribution in [0.3, 0.4) is 0 Å². The van der Waals surface area contributed by atoms with Crippen molar-refractivity contribution in [3.8, 4) is 23.5 Å². The molecule has 0 atom stereocenters. The van der Waals surface area contributed by atoms with Crippen LogP contribution in [-0.4, -0.2) is 40.8 Å². The monoisotopic (exact) mass is 573 g/mol. The lowest BCUT2D eigenvalue weighted by molar-refractivity contribution is 0.222. The Hall–Kier alpha value is -4.55. The van der Waals surface area contributed by atoms with Gasteiger partial charge >= 0.3 is 12.0 Å². The highest BCUT2D eigenvalue weighted by molar-refractivity contribution is 6.29. The summed E-state index contributed by atoms with van der Waals surface area (Å²) in [4.78, 5) is 19.9. The molecule has 0 saturated carbocycles. The van der Waals surface area contributed by atoms with Gasteiger partial charge < -0.3 is 18.9 Å². The third-order valence-corrected chi connectivity index (χ3v) is 5.04. The van der Waals surface area contributed by atoms with E-state index in [0.29, 0.717) is 0 Å². The minimum Gasteiger partial charge on any atom is -0.497 e. The van der Waals surface area contributed by atoms with Crippen molar-refractivity contribution in [3.05, 3.63) is 101 Å². The molecule has 4 aromatic rings. The third-order valence-electron chi connectivity index (χ3n) is 4.78. The van der Waals surface area contributed by atoms with Gasteiger partial charge in [-0.1, -0.05) is 41.9 Å². The number of hydrogen-bond donors (Lipinski definition) is 1. The first-order valence-electron chi connectivity index (χ1n) is 11.6. The van der Waals surface area contributed by atoms with Crippen molar-refractivity contribution in [2.24, 2.45) is 0 Å². The molecule has 210 valence electrons. The van der Waals surface area contributed by atoms with E-state index in [1.54, 1.807) is 14.2 Å². The first-order valence-corrected chi connectivity index (χ1v) is 12.0. The Morgan fingerprint density at radius 3 is 1.93 bits per heavy atom. The summed E-state index contributed by atoms with van der Waals surface area (Å²) in [6.07, 6.45) is 3.50. The molecule has 0 bridgehead atoms. The Labute approximate surface area is 234 Å². The number of nitrogens with one attached hydrogen (secondary N) is 1. The zero-order valence-corrected chi connectivity index (χ0v) is 22.4. The molecule has 0 aliphatic heterocycles. The molecule has 2 aromatic carbocycles. The summed E-state index contributed by atoms with van der Waals surface area (Å²) in [6.45, 7) is 4.18. The van der Waals surface area contributed by atoms with Gasteiger partial charge in [0.2, 0.25) is 0 Å². The van der Waals surface area contributed by atoms with Gasteiger partial charge in [0.15, 0.2) is 22.6 Å². The van der Waals surface area contributed by atoms with Crippen LogP contribution in [0.1, 0.15) is 11.1 Å². The Morgan fingerprint density at radius 1 is 0.850 bits per heavy atom. The number of hydrogen-bond acceptors (Lipinski definition) is 10. The molecule has 0 aliphatic carbocycles. The lowest BCUT2D eigenvalue weighted by Crippen LogP contribution is -2.07. The lowest BCUT2D eigenvalue weighted by Gasteiger charge is -2.09. The summed E-state index contributed by atoms with van der Waals surface area (Å²) >= 11 is 5.52. The van der Waals surface area contributed by atoms with E-state index in [-0.39, 0.29) is 42.8 Å². The van der Waals surface area contributed by atoms with Crippen molar-refractivity contribution in [2.45, 2.75) is 13.2 Å². The Kier molecular flexibility index (Phi) is 11.8. The number of aromatic nitrogens is 4. The van der Waals surface area contributed by atoms with E-state index in [9.17, 15) is 8.78 Å². The minimum absolute atomic E-state index is 0.0317. The summed E-state index contributed by atoms with van der Waals surface area (Å²) < 4.78 is 47.3. The zero-order valence-electron chi connectivity index (χ0n) is 21.6. The van der Waals surface area contributed by atoms with E-state index in [0.717, 1.165) is 35.0 Å². The van der Waals surface area contributed by atoms with Crippen LogP contribution in [0.25, 0.3) is 0 Å². The first-order chi connectivity index (χ1) is 19.4. The topological polar surface area (TPSA) is 110 Å². The number of methoxy groups -OCH3 is 2. The maximum Gasteiger partial charge on any atom is 0.318 e. The van der Waals surface area contributed by atoms with E-state index < -0.39 is 11.6 Å². The van der Waals surface area contributed by atoms with E-state index in [1.807, 2.05) is 48.5 Å². The smallest absolute Gasteiger partial charge is 0.318 e. The van der Waals surface area contributed by atoms with Gasteiger partial charge in [0.05, 0.1) is 33.2 Å². The number of nitrogens with zero attached hydrogens (tertiary/aromatic N) is 4. The predicted molar refractivity (Wildman–Crippen MR) is 143 cm³/mol. The van der Waals surface area contributed by atoms with E-state index in [1.165, 1.54) is 6.08 Å². The van der Waals surface area contributed by atoms with Gasteiger partial charge in [0.1, 0.15) is 24.7 Å². The van der Waals surface area contributed by atoms with Crippen molar-refractivity contribution in [3.63, 3.8) is 0 Å². The number of benzene rings is 2. The van der Waals surface area contributed by atoms with Crippen molar-refractivity contribution < 1.29 is 32.6 Å². The van der Waals surface area contributed by atoms with Gasteiger partial charge in [-0.25, -0.2) is 24.2 Å². The molecular formula is C27H26ClF2N5O5. The standard InChI is InChI=1S/C15H16FN3O3.C12H10ClFN2O2/c1-3-7-22-19-14-13(16)9-17-15(18-14)21-10-11-5-4-6-12(8-11)20-2;1-17-9-4-2-3-8(5-9)7-18-12-15-6-10(14)11(13)16-12/h3-6,8-9H,1,7,10H2,2H3,(H,17,18,19);2-6H,7H2,1H3. The highest BCUT2D eigenvalue weighted by atomic mass is 35.5. The van der Waals surface area contributed by atoms with Gasteiger partial charge in [-0.2, -0.15) is 9.97 Å². The molecule has 40 heavy (non-hydrogen) atoms. The van der Waals surface area contributed by atoms with Crippen molar-refractivity contribution in [1.82, 2.24) is 19.9 Å². The van der Waals surface area contributed by atoms with Crippen LogP contribution in [0.4, 0.5) is 14.6 Å². The summed E-state index contributed by atoms with van der Waals surface area (Å²) in [7, 11) is 3.17. The normalized spacial score (nSPS) is 10.1. The number of anilines is 1. The molecule has 13 heteroatoms. The van der Waals surface area contributed by atoms with Crippen LogP contribution >= 0.6 is 11.6 Å². The van der Waals surface area contributed by atoms with Crippen LogP contribution < -0.4 is 24.4 Å². The molecule has 0 spiro atoms. The average Bonchev–Trinajstić information content (AvgIpc) is 2.98. The van der Waals surface area contributed by atoms with Crippen molar-refractivity contribution in [1.29, 1.82) is 0 Å². The highest BCUT2D eigenvalue weighted by Gasteiger charge is 2.09. The fourth-order valence-corrected chi connectivity index (χ4v) is 3.00. The van der Waals surface area contributed by atoms with Crippen LogP contribution in [0.5, 0.6) is 23.5 Å². The molecule has 0 radical (unpaired) electrons. The van der Waals surface area contributed by atoms with E-state index in [4.69, 9.17) is 35.4 Å². The number of ether oxygens (including phenoxy) is 4. The lowest BCUT2D eigenvalue weighted by atomic mass is 10.2. The molecule has 2 aromatic heterocycles. The molecule has 1 N–H and O–H groups in total. The molecule has 2 heterocycles. The zero-order chi connectivity index (χ0) is 28.7. The Bertz CT molecular complexity index is 1400. The maximum absolute atomic E-state index is 13.5. The van der Waals surface area contributed by atoms with Gasteiger partial charge in [0, 0.05) is 0 Å². The molecule has 0 aliphatic rings. The minimum atomic E-state index is -0.676. The largest absolute Gasteiger partial charge is 0.497 e. The second-order valence-electron chi connectivity index (χ2n) is 7.62. The summed E-state index contributed by atoms with van der Waals surface area (Å²) in [5.74, 6) is 0.0381. The third kappa shape index (κ3) is 9.64. The van der Waals surface area contributed by atoms with Crippen LogP contribution in [-0.2, 0) is 18.1 Å². The molecule has 0 fully saturated rings. The summed E-state index contributed by atoms with van der Waals surface area (Å²) in [6, 6.07) is 14.8. The summed E-state index contributed by atoms with van der Waals surface area (Å²) in [5, 5.41) is -0.259. The molecule has 10 nitrogen and oxygen atoms in total. The second kappa shape index (κ2) is 15.8. The maximum atomic E-state index is 13.5. The van der Waals surface area contributed by atoms with E-state index >= 15 is 0 Å². The van der Waals surface area contributed by atoms with Crippen LogP contribution in [0, 0.1) is 11.6 Å². The fourth-order valence-electron chi connectivity index (χ4n) is 2.88. The van der Waals surface area contributed by atoms with Crippen LogP contribution in [0.15, 0.2) is 73.6 Å². The molecular weight excluding hydrogens is 548 g/mol. The van der Waals surface area contributed by atoms with Crippen molar-refractivity contribution >= 4 is 17.4 Å². The molecule has 0 saturated heterocycles. The summed E-state index contributed by atoms with van der Waals surface area (Å²) in [5.41, 5.74) is 4.14. The van der Waals surface area contributed by atoms with Crippen molar-refractivity contribution in [2.75, 3.05) is 26.3 Å². The highest BCUT2D eigenvalue weighted by Crippen LogP contribution is 2.18. The average molecular weight is 574 g/mol. The molecule has 0 unspecified atom stereocenters. The second-order valence-corrected chi connectivity index (χ2v) is 7.98. The SMILES string of the molecule is C=CCONc1nc(OCc2cccc(OC)c2)ncc1F.COc1cccc(COc2ncc(F)c(Cl)n2)c1. The predicted octanol–water partition coefficient (Wildman–Crippen LogP) is 5.59. The molecule has 4 rings (SSSR count).